The maximum Gasteiger partial charge on any atom is 0.257 e. The number of nitrogen functional groups attached to an aromatic ring is 1. The van der Waals surface area contributed by atoms with Crippen LogP contribution in [-0.4, -0.2) is 19.1 Å². The third-order valence-corrected chi connectivity index (χ3v) is 4.20. The molecule has 4 heteroatoms. The van der Waals surface area contributed by atoms with Crippen molar-refractivity contribution in [2.24, 2.45) is 11.3 Å². The summed E-state index contributed by atoms with van der Waals surface area (Å²) in [6, 6.07) is 7.13. The fraction of sp³-hybridized carbons (Fsp3) is 0.533. The molecule has 0 aromatic heterocycles. The van der Waals surface area contributed by atoms with Gasteiger partial charge in [-0.25, -0.2) is 0 Å². The molecular formula is C15H20N2O2. The van der Waals surface area contributed by atoms with Crippen LogP contribution in [-0.2, 0) is 4.79 Å². The molecule has 0 radical (unpaired) electrons. The van der Waals surface area contributed by atoms with Crippen LogP contribution in [0.3, 0.4) is 0 Å². The Labute approximate surface area is 113 Å². The standard InChI is InChI=1S/C15H20N2O2/c16-12-2-1-3-13(8-12)19-9-14(18)17-10-15(6-7-15)11-4-5-11/h1-3,8,11H,4-7,9-10,16H2,(H,17,18). The van der Waals surface area contributed by atoms with Crippen LogP contribution >= 0.6 is 0 Å². The van der Waals surface area contributed by atoms with E-state index in [1.165, 1.54) is 25.7 Å². The van der Waals surface area contributed by atoms with Gasteiger partial charge in [0.05, 0.1) is 0 Å². The first-order chi connectivity index (χ1) is 9.18. The third-order valence-electron chi connectivity index (χ3n) is 4.20. The maximum absolute atomic E-state index is 11.8. The molecule has 0 bridgehead atoms. The molecule has 2 saturated carbocycles. The Kier molecular flexibility index (Phi) is 3.09. The van der Waals surface area contributed by atoms with E-state index in [2.05, 4.69) is 5.32 Å². The first-order valence-electron chi connectivity index (χ1n) is 6.93. The lowest BCUT2D eigenvalue weighted by atomic mass is 10.0. The zero-order valence-corrected chi connectivity index (χ0v) is 11.0. The highest BCUT2D eigenvalue weighted by atomic mass is 16.5. The summed E-state index contributed by atoms with van der Waals surface area (Å²) in [5.74, 6) is 1.45. The van der Waals surface area contributed by atoms with E-state index >= 15 is 0 Å². The second-order valence-corrected chi connectivity index (χ2v) is 5.77. The summed E-state index contributed by atoms with van der Waals surface area (Å²) >= 11 is 0. The molecule has 0 spiro atoms. The molecule has 1 aromatic carbocycles. The van der Waals surface area contributed by atoms with E-state index in [0.29, 0.717) is 16.9 Å². The second-order valence-electron chi connectivity index (χ2n) is 5.77. The summed E-state index contributed by atoms with van der Waals surface area (Å²) in [6.07, 6.45) is 5.23. The van der Waals surface area contributed by atoms with E-state index in [-0.39, 0.29) is 12.5 Å². The number of nitrogens with two attached hydrogens (primary N) is 1. The van der Waals surface area contributed by atoms with Gasteiger partial charge in [0.15, 0.2) is 6.61 Å². The number of carbonyl (C=O) groups is 1. The first kappa shape index (κ1) is 12.3. The predicted molar refractivity (Wildman–Crippen MR) is 73.8 cm³/mol. The van der Waals surface area contributed by atoms with E-state index < -0.39 is 0 Å². The van der Waals surface area contributed by atoms with Gasteiger partial charge in [-0.05, 0) is 49.1 Å². The summed E-state index contributed by atoms with van der Waals surface area (Å²) < 4.78 is 5.42. The third kappa shape index (κ3) is 3.00. The van der Waals surface area contributed by atoms with Crippen LogP contribution in [0.4, 0.5) is 5.69 Å². The summed E-state index contributed by atoms with van der Waals surface area (Å²) in [4.78, 5) is 11.8. The van der Waals surface area contributed by atoms with E-state index in [9.17, 15) is 4.79 Å². The van der Waals surface area contributed by atoms with Crippen molar-refractivity contribution in [3.8, 4) is 5.75 Å². The Bertz CT molecular complexity index is 479. The lowest BCUT2D eigenvalue weighted by Crippen LogP contribution is -2.34. The van der Waals surface area contributed by atoms with Crippen molar-refractivity contribution in [1.82, 2.24) is 5.32 Å². The number of amides is 1. The van der Waals surface area contributed by atoms with Crippen molar-refractivity contribution < 1.29 is 9.53 Å². The van der Waals surface area contributed by atoms with Crippen LogP contribution < -0.4 is 15.8 Å². The summed E-state index contributed by atoms with van der Waals surface area (Å²) in [5.41, 5.74) is 6.73. The number of hydrogen-bond donors (Lipinski definition) is 2. The molecule has 1 amide bonds. The Morgan fingerprint density at radius 2 is 2.21 bits per heavy atom. The summed E-state index contributed by atoms with van der Waals surface area (Å²) in [5, 5.41) is 3.00. The minimum Gasteiger partial charge on any atom is -0.484 e. The first-order valence-corrected chi connectivity index (χ1v) is 6.93. The molecule has 19 heavy (non-hydrogen) atoms. The van der Waals surface area contributed by atoms with E-state index in [0.717, 1.165) is 12.5 Å². The van der Waals surface area contributed by atoms with Gasteiger partial charge in [-0.1, -0.05) is 6.07 Å². The molecule has 2 fully saturated rings. The SMILES string of the molecule is Nc1cccc(OCC(=O)NCC2(C3CC3)CC2)c1. The number of hydrogen-bond acceptors (Lipinski definition) is 3. The number of benzene rings is 1. The zero-order valence-electron chi connectivity index (χ0n) is 11.0. The molecule has 0 unspecified atom stereocenters. The van der Waals surface area contributed by atoms with E-state index in [4.69, 9.17) is 10.5 Å². The Morgan fingerprint density at radius 1 is 1.42 bits per heavy atom. The van der Waals surface area contributed by atoms with Crippen molar-refractivity contribution in [2.75, 3.05) is 18.9 Å². The van der Waals surface area contributed by atoms with Crippen molar-refractivity contribution in [1.29, 1.82) is 0 Å². The molecule has 3 N–H and O–H groups in total. The smallest absolute Gasteiger partial charge is 0.257 e. The lowest BCUT2D eigenvalue weighted by Gasteiger charge is -2.15. The molecule has 0 atom stereocenters. The Morgan fingerprint density at radius 3 is 2.84 bits per heavy atom. The van der Waals surface area contributed by atoms with Crippen molar-refractivity contribution in [3.63, 3.8) is 0 Å². The molecular weight excluding hydrogens is 240 g/mol. The van der Waals surface area contributed by atoms with Crippen LogP contribution in [0.25, 0.3) is 0 Å². The van der Waals surface area contributed by atoms with Crippen LogP contribution in [0.1, 0.15) is 25.7 Å². The molecule has 0 aliphatic heterocycles. The molecule has 1 aromatic rings. The Hall–Kier alpha value is -1.71. The number of carbonyl (C=O) groups excluding carboxylic acids is 1. The highest BCUT2D eigenvalue weighted by Gasteiger charge is 2.53. The summed E-state index contributed by atoms with van der Waals surface area (Å²) in [6.45, 7) is 0.876. The van der Waals surface area contributed by atoms with E-state index in [1.807, 2.05) is 6.07 Å². The number of rotatable bonds is 6. The minimum absolute atomic E-state index is 0.0469. The topological polar surface area (TPSA) is 64.3 Å². The van der Waals surface area contributed by atoms with Crippen LogP contribution in [0, 0.1) is 11.3 Å². The van der Waals surface area contributed by atoms with Crippen LogP contribution in [0.15, 0.2) is 24.3 Å². The van der Waals surface area contributed by atoms with Gasteiger partial charge in [-0.2, -0.15) is 0 Å². The molecule has 2 aliphatic carbocycles. The van der Waals surface area contributed by atoms with Crippen molar-refractivity contribution >= 4 is 11.6 Å². The predicted octanol–water partition coefficient (Wildman–Crippen LogP) is 1.95. The molecule has 102 valence electrons. The van der Waals surface area contributed by atoms with Crippen LogP contribution in [0.2, 0.25) is 0 Å². The fourth-order valence-corrected chi connectivity index (χ4v) is 2.66. The van der Waals surface area contributed by atoms with Gasteiger partial charge >= 0.3 is 0 Å². The van der Waals surface area contributed by atoms with Gasteiger partial charge in [0.2, 0.25) is 0 Å². The average Bonchev–Trinajstić information content (AvgIpc) is 3.27. The Balaban J connectivity index is 1.42. The monoisotopic (exact) mass is 260 g/mol. The lowest BCUT2D eigenvalue weighted by molar-refractivity contribution is -0.123. The van der Waals surface area contributed by atoms with Gasteiger partial charge in [-0.3, -0.25) is 4.79 Å². The van der Waals surface area contributed by atoms with Gasteiger partial charge in [0.1, 0.15) is 5.75 Å². The molecule has 0 heterocycles. The zero-order chi connectivity index (χ0) is 13.3. The number of anilines is 1. The van der Waals surface area contributed by atoms with Gasteiger partial charge in [0, 0.05) is 18.3 Å². The van der Waals surface area contributed by atoms with Gasteiger partial charge in [0.25, 0.3) is 5.91 Å². The van der Waals surface area contributed by atoms with Gasteiger partial charge < -0.3 is 15.8 Å². The molecule has 0 saturated heterocycles. The average molecular weight is 260 g/mol. The second kappa shape index (κ2) is 4.76. The number of nitrogens with one attached hydrogen (secondary N) is 1. The molecule has 4 nitrogen and oxygen atoms in total. The quantitative estimate of drug-likeness (QED) is 0.768. The van der Waals surface area contributed by atoms with Gasteiger partial charge in [-0.15, -0.1) is 0 Å². The molecule has 2 aliphatic rings. The largest absolute Gasteiger partial charge is 0.484 e. The van der Waals surface area contributed by atoms with E-state index in [1.54, 1.807) is 18.2 Å². The molecule has 3 rings (SSSR count). The highest BCUT2D eigenvalue weighted by molar-refractivity contribution is 5.77. The minimum atomic E-state index is -0.0469. The van der Waals surface area contributed by atoms with Crippen molar-refractivity contribution in [3.05, 3.63) is 24.3 Å². The fourth-order valence-electron chi connectivity index (χ4n) is 2.66. The maximum atomic E-state index is 11.8. The number of ether oxygens (including phenoxy) is 1. The normalized spacial score (nSPS) is 19.8. The van der Waals surface area contributed by atoms with Crippen molar-refractivity contribution in [2.45, 2.75) is 25.7 Å². The summed E-state index contributed by atoms with van der Waals surface area (Å²) in [7, 11) is 0. The highest BCUT2D eigenvalue weighted by Crippen LogP contribution is 2.60. The van der Waals surface area contributed by atoms with Crippen LogP contribution in [0.5, 0.6) is 5.75 Å².